The Morgan fingerprint density at radius 3 is 2.50 bits per heavy atom. The molecule has 0 unspecified atom stereocenters. The lowest BCUT2D eigenvalue weighted by molar-refractivity contribution is -0.384. The first-order valence-corrected chi connectivity index (χ1v) is 4.55. The Kier molecular flexibility index (Phi) is 4.16. The van der Waals surface area contributed by atoms with Crippen molar-refractivity contribution < 1.29 is 9.72 Å². The summed E-state index contributed by atoms with van der Waals surface area (Å²) in [6, 6.07) is 5.70. The van der Waals surface area contributed by atoms with Gasteiger partial charge in [-0.3, -0.25) is 25.8 Å². The highest BCUT2D eigenvalue weighted by atomic mass is 32.1. The number of anilines is 1. The van der Waals surface area contributed by atoms with Crippen LogP contribution in [-0.4, -0.2) is 16.4 Å². The topological polar surface area (TPSA) is 96.3 Å². The van der Waals surface area contributed by atoms with Gasteiger partial charge >= 0.3 is 0 Å². The summed E-state index contributed by atoms with van der Waals surface area (Å²) in [4.78, 5) is 19.8. The van der Waals surface area contributed by atoms with Crippen molar-refractivity contribution in [3.8, 4) is 0 Å². The molecule has 0 heterocycles. The number of carbonyl (C=O) groups excluding carboxylic acids is 1. The number of carbonyl (C=O) groups is 1. The van der Waals surface area contributed by atoms with Gasteiger partial charge in [-0.15, -0.1) is 0 Å². The normalized spacial score (nSPS) is 9.00. The second-order valence-electron chi connectivity index (χ2n) is 2.65. The van der Waals surface area contributed by atoms with Gasteiger partial charge < -0.3 is 5.32 Å². The molecule has 0 aliphatic heterocycles. The minimum atomic E-state index is -0.492. The number of nitro benzene ring substituents is 1. The van der Waals surface area contributed by atoms with E-state index in [1.807, 2.05) is 0 Å². The summed E-state index contributed by atoms with van der Waals surface area (Å²) in [7, 11) is 0. The monoisotopic (exact) mass is 240 g/mol. The minimum Gasteiger partial charge on any atom is -0.331 e. The Hall–Kier alpha value is -2.22. The molecule has 0 aliphatic carbocycles. The lowest BCUT2D eigenvalue weighted by Crippen LogP contribution is -2.39. The fourth-order valence-electron chi connectivity index (χ4n) is 0.924. The molecule has 1 amide bonds. The number of amides is 1. The van der Waals surface area contributed by atoms with Crippen LogP contribution in [0.15, 0.2) is 24.3 Å². The van der Waals surface area contributed by atoms with E-state index >= 15 is 0 Å². The molecule has 1 rings (SSSR count). The lowest BCUT2D eigenvalue weighted by Gasteiger charge is -2.08. The molecular weight excluding hydrogens is 232 g/mol. The van der Waals surface area contributed by atoms with E-state index < -0.39 is 4.92 Å². The van der Waals surface area contributed by atoms with Crippen molar-refractivity contribution in [2.45, 2.75) is 0 Å². The van der Waals surface area contributed by atoms with Crippen molar-refractivity contribution in [2.24, 2.45) is 0 Å². The molecular formula is C8H8N4O3S. The summed E-state index contributed by atoms with van der Waals surface area (Å²) in [5, 5.41) is 13.3. The Bertz CT molecular complexity index is 406. The van der Waals surface area contributed by atoms with E-state index in [4.69, 9.17) is 12.2 Å². The second kappa shape index (κ2) is 5.61. The van der Waals surface area contributed by atoms with Gasteiger partial charge in [-0.05, 0) is 24.4 Å². The molecule has 7 nitrogen and oxygen atoms in total. The highest BCUT2D eigenvalue weighted by molar-refractivity contribution is 7.80. The van der Waals surface area contributed by atoms with Gasteiger partial charge in [0.1, 0.15) is 0 Å². The van der Waals surface area contributed by atoms with Crippen LogP contribution in [0.5, 0.6) is 0 Å². The SMILES string of the molecule is O=CNNC(=S)Nc1ccc([N+](=O)[O-])cc1. The van der Waals surface area contributed by atoms with Crippen molar-refractivity contribution in [3.05, 3.63) is 34.4 Å². The first-order chi connectivity index (χ1) is 7.63. The van der Waals surface area contributed by atoms with E-state index in [1.165, 1.54) is 24.3 Å². The summed E-state index contributed by atoms with van der Waals surface area (Å²) in [6.45, 7) is 0. The van der Waals surface area contributed by atoms with Gasteiger partial charge in [0, 0.05) is 17.8 Å². The molecule has 0 spiro atoms. The van der Waals surface area contributed by atoms with Crippen molar-refractivity contribution in [2.75, 3.05) is 5.32 Å². The van der Waals surface area contributed by atoms with Crippen molar-refractivity contribution in [1.29, 1.82) is 0 Å². The number of hydrogen-bond donors (Lipinski definition) is 3. The zero-order chi connectivity index (χ0) is 12.0. The van der Waals surface area contributed by atoms with Gasteiger partial charge in [0.2, 0.25) is 6.41 Å². The molecule has 0 aliphatic rings. The quantitative estimate of drug-likeness (QED) is 0.308. The molecule has 0 atom stereocenters. The van der Waals surface area contributed by atoms with Gasteiger partial charge in [-0.2, -0.15) is 0 Å². The minimum absolute atomic E-state index is 0.00422. The fourth-order valence-corrected chi connectivity index (χ4v) is 1.10. The fraction of sp³-hybridized carbons (Fsp3) is 0. The highest BCUT2D eigenvalue weighted by Crippen LogP contribution is 2.14. The molecule has 3 N–H and O–H groups in total. The lowest BCUT2D eigenvalue weighted by atomic mass is 10.3. The predicted molar refractivity (Wildman–Crippen MR) is 61.7 cm³/mol. The summed E-state index contributed by atoms with van der Waals surface area (Å²) in [6.07, 6.45) is 0.434. The van der Waals surface area contributed by atoms with Gasteiger partial charge in [0.05, 0.1) is 4.92 Å². The standard InChI is InChI=1S/C8H8N4O3S/c13-5-9-11-8(16)10-6-1-3-7(4-2-6)12(14)15/h1-5H,(H,9,13)(H2,10,11,16). The van der Waals surface area contributed by atoms with E-state index in [1.54, 1.807) is 0 Å². The molecule has 1 aromatic carbocycles. The van der Waals surface area contributed by atoms with Gasteiger partial charge in [-0.25, -0.2) is 0 Å². The summed E-state index contributed by atoms with van der Waals surface area (Å²) >= 11 is 4.81. The van der Waals surface area contributed by atoms with E-state index in [0.717, 1.165) is 0 Å². The van der Waals surface area contributed by atoms with Crippen LogP contribution in [0.25, 0.3) is 0 Å². The molecule has 0 saturated heterocycles. The molecule has 0 radical (unpaired) electrons. The number of hydrogen-bond acceptors (Lipinski definition) is 4. The van der Waals surface area contributed by atoms with E-state index in [9.17, 15) is 14.9 Å². The third-order valence-corrected chi connectivity index (χ3v) is 1.78. The van der Waals surface area contributed by atoms with Crippen LogP contribution < -0.4 is 16.2 Å². The van der Waals surface area contributed by atoms with Crippen LogP contribution in [0.1, 0.15) is 0 Å². The summed E-state index contributed by atoms with van der Waals surface area (Å²) in [5.74, 6) is 0. The number of hydrazine groups is 1. The zero-order valence-electron chi connectivity index (χ0n) is 7.97. The average molecular weight is 240 g/mol. The number of benzene rings is 1. The molecule has 16 heavy (non-hydrogen) atoms. The van der Waals surface area contributed by atoms with Crippen molar-refractivity contribution >= 4 is 35.1 Å². The Labute approximate surface area is 96.0 Å². The van der Waals surface area contributed by atoms with Crippen molar-refractivity contribution in [1.82, 2.24) is 10.9 Å². The molecule has 0 bridgehead atoms. The van der Waals surface area contributed by atoms with Gasteiger partial charge in [0.15, 0.2) is 5.11 Å². The maximum Gasteiger partial charge on any atom is 0.269 e. The van der Waals surface area contributed by atoms with E-state index in [-0.39, 0.29) is 10.8 Å². The summed E-state index contributed by atoms with van der Waals surface area (Å²) in [5.41, 5.74) is 5.12. The highest BCUT2D eigenvalue weighted by Gasteiger charge is 2.04. The predicted octanol–water partition coefficient (Wildman–Crippen LogP) is 0.542. The first kappa shape index (κ1) is 11.9. The summed E-state index contributed by atoms with van der Waals surface area (Å²) < 4.78 is 0. The molecule has 0 saturated carbocycles. The van der Waals surface area contributed by atoms with E-state index in [2.05, 4.69) is 16.2 Å². The Balaban J connectivity index is 2.58. The largest absolute Gasteiger partial charge is 0.331 e. The molecule has 0 fully saturated rings. The first-order valence-electron chi connectivity index (χ1n) is 4.14. The number of nitrogens with one attached hydrogen (secondary N) is 3. The van der Waals surface area contributed by atoms with Crippen LogP contribution in [0.3, 0.4) is 0 Å². The van der Waals surface area contributed by atoms with Crippen LogP contribution in [-0.2, 0) is 4.79 Å². The van der Waals surface area contributed by atoms with Crippen LogP contribution >= 0.6 is 12.2 Å². The second-order valence-corrected chi connectivity index (χ2v) is 3.05. The van der Waals surface area contributed by atoms with Crippen LogP contribution in [0.2, 0.25) is 0 Å². The van der Waals surface area contributed by atoms with Gasteiger partial charge in [-0.1, -0.05) is 0 Å². The maximum atomic E-state index is 10.4. The molecule has 8 heteroatoms. The molecule has 0 aromatic heterocycles. The van der Waals surface area contributed by atoms with Crippen LogP contribution in [0, 0.1) is 10.1 Å². The van der Waals surface area contributed by atoms with Crippen LogP contribution in [0.4, 0.5) is 11.4 Å². The third kappa shape index (κ3) is 3.50. The Morgan fingerprint density at radius 2 is 2.00 bits per heavy atom. The molecule has 1 aromatic rings. The van der Waals surface area contributed by atoms with Crippen molar-refractivity contribution in [3.63, 3.8) is 0 Å². The Morgan fingerprint density at radius 1 is 1.38 bits per heavy atom. The average Bonchev–Trinajstić information content (AvgIpc) is 2.27. The number of rotatable bonds is 4. The number of non-ortho nitro benzene ring substituents is 1. The number of nitro groups is 1. The zero-order valence-corrected chi connectivity index (χ0v) is 8.78. The third-order valence-electron chi connectivity index (χ3n) is 1.58. The van der Waals surface area contributed by atoms with E-state index in [0.29, 0.717) is 12.1 Å². The molecule has 84 valence electrons. The number of thiocarbonyl (C=S) groups is 1. The maximum absolute atomic E-state index is 10.4. The number of nitrogens with zero attached hydrogens (tertiary/aromatic N) is 1. The smallest absolute Gasteiger partial charge is 0.269 e. The van der Waals surface area contributed by atoms with Gasteiger partial charge in [0.25, 0.3) is 5.69 Å².